The first-order chi connectivity index (χ1) is 8.74. The lowest BCUT2D eigenvalue weighted by Gasteiger charge is -2.14. The Balaban J connectivity index is 2.02. The van der Waals surface area contributed by atoms with Crippen LogP contribution in [0, 0.1) is 0 Å². The molecule has 1 aliphatic carbocycles. The van der Waals surface area contributed by atoms with E-state index in [-0.39, 0.29) is 11.9 Å². The second-order valence-corrected chi connectivity index (χ2v) is 6.75. The van der Waals surface area contributed by atoms with Gasteiger partial charge >= 0.3 is 0 Å². The van der Waals surface area contributed by atoms with Gasteiger partial charge in [0.2, 0.25) is 0 Å². The molecule has 100 valence electrons. The van der Waals surface area contributed by atoms with Gasteiger partial charge in [-0.1, -0.05) is 22.9 Å². The lowest BCUT2D eigenvalue weighted by atomic mass is 9.99. The van der Waals surface area contributed by atoms with Crippen molar-refractivity contribution in [1.29, 1.82) is 0 Å². The molecule has 4 heteroatoms. The molecule has 0 aromatic carbocycles. The number of hydrogen-bond donors (Lipinski definition) is 1. The van der Waals surface area contributed by atoms with Crippen LogP contribution in [0.3, 0.4) is 0 Å². The number of thiophene rings is 1. The van der Waals surface area contributed by atoms with E-state index in [0.717, 1.165) is 35.9 Å². The molecular weight excluding hydrogens is 310 g/mol. The minimum atomic E-state index is 0.113. The van der Waals surface area contributed by atoms with Crippen LogP contribution in [0.5, 0.6) is 0 Å². The van der Waals surface area contributed by atoms with E-state index in [1.807, 2.05) is 0 Å². The summed E-state index contributed by atoms with van der Waals surface area (Å²) in [6.07, 6.45) is 6.83. The van der Waals surface area contributed by atoms with Crippen molar-refractivity contribution in [2.24, 2.45) is 0 Å². The number of halogens is 1. The maximum absolute atomic E-state index is 12.2. The molecule has 1 unspecified atom stereocenters. The van der Waals surface area contributed by atoms with E-state index in [2.05, 4.69) is 34.2 Å². The van der Waals surface area contributed by atoms with E-state index >= 15 is 0 Å². The Kier molecular flexibility index (Phi) is 5.25. The first-order valence-electron chi connectivity index (χ1n) is 6.73. The van der Waals surface area contributed by atoms with Gasteiger partial charge in [0.15, 0.2) is 0 Å². The molecule has 1 N–H and O–H groups in total. The predicted molar refractivity (Wildman–Crippen MR) is 80.9 cm³/mol. The zero-order valence-electron chi connectivity index (χ0n) is 10.8. The third-order valence-corrected chi connectivity index (χ3v) is 5.20. The van der Waals surface area contributed by atoms with Crippen LogP contribution in [0.2, 0.25) is 0 Å². The third kappa shape index (κ3) is 3.35. The molecule has 1 aromatic heterocycles. The lowest BCUT2D eigenvalue weighted by molar-refractivity contribution is 0.0939. The molecule has 1 atom stereocenters. The Morgan fingerprint density at radius 3 is 2.94 bits per heavy atom. The fourth-order valence-corrected chi connectivity index (χ4v) is 4.08. The van der Waals surface area contributed by atoms with Crippen LogP contribution in [0.15, 0.2) is 6.07 Å². The predicted octanol–water partition coefficient (Wildman–Crippen LogP) is 3.92. The summed E-state index contributed by atoms with van der Waals surface area (Å²) in [4.78, 5) is 14.5. The van der Waals surface area contributed by atoms with Crippen molar-refractivity contribution in [3.63, 3.8) is 0 Å². The molecule has 0 saturated heterocycles. The summed E-state index contributed by atoms with van der Waals surface area (Å²) in [5.74, 6) is 0.113. The van der Waals surface area contributed by atoms with Gasteiger partial charge in [-0.15, -0.1) is 11.3 Å². The van der Waals surface area contributed by atoms with Gasteiger partial charge in [0, 0.05) is 16.2 Å². The van der Waals surface area contributed by atoms with Gasteiger partial charge in [0.1, 0.15) is 0 Å². The van der Waals surface area contributed by atoms with Crippen molar-refractivity contribution in [3.05, 3.63) is 21.4 Å². The van der Waals surface area contributed by atoms with E-state index in [4.69, 9.17) is 0 Å². The average molecular weight is 330 g/mol. The first kappa shape index (κ1) is 14.1. The van der Waals surface area contributed by atoms with Gasteiger partial charge in [0.05, 0.1) is 4.88 Å². The second-order valence-electron chi connectivity index (χ2n) is 4.82. The molecule has 0 bridgehead atoms. The summed E-state index contributed by atoms with van der Waals surface area (Å²) in [6.45, 7) is 2.12. The highest BCUT2D eigenvalue weighted by molar-refractivity contribution is 9.09. The fourth-order valence-electron chi connectivity index (χ4n) is 2.37. The molecule has 0 radical (unpaired) electrons. The molecule has 0 spiro atoms. The number of hydrogen-bond acceptors (Lipinski definition) is 2. The summed E-state index contributed by atoms with van der Waals surface area (Å²) < 4.78 is 0. The van der Waals surface area contributed by atoms with Crippen molar-refractivity contribution in [2.45, 2.75) is 51.5 Å². The average Bonchev–Trinajstić information content (AvgIpc) is 2.82. The number of nitrogens with one attached hydrogen (secondary N) is 1. The van der Waals surface area contributed by atoms with E-state index in [1.54, 1.807) is 11.3 Å². The van der Waals surface area contributed by atoms with Gasteiger partial charge in [0.25, 0.3) is 5.91 Å². The first-order valence-corrected chi connectivity index (χ1v) is 8.66. The molecule has 1 aliphatic rings. The molecule has 2 nitrogen and oxygen atoms in total. The van der Waals surface area contributed by atoms with Gasteiger partial charge in [-0.2, -0.15) is 0 Å². The molecular formula is C14H20BrNOS. The Morgan fingerprint density at radius 2 is 2.28 bits per heavy atom. The van der Waals surface area contributed by atoms with Crippen molar-refractivity contribution < 1.29 is 4.79 Å². The lowest BCUT2D eigenvalue weighted by Crippen LogP contribution is -2.34. The van der Waals surface area contributed by atoms with Crippen LogP contribution in [0.25, 0.3) is 0 Å². The summed E-state index contributed by atoms with van der Waals surface area (Å²) in [6, 6.07) is 2.39. The zero-order chi connectivity index (χ0) is 13.0. The third-order valence-electron chi connectivity index (χ3n) is 3.51. The van der Waals surface area contributed by atoms with E-state index in [0.29, 0.717) is 0 Å². The maximum atomic E-state index is 12.2. The molecule has 1 amide bonds. The molecule has 18 heavy (non-hydrogen) atoms. The normalized spacial score (nSPS) is 16.1. The van der Waals surface area contributed by atoms with Crippen LogP contribution in [0.1, 0.15) is 52.7 Å². The number of aryl methyl sites for hydroxylation is 2. The number of rotatable bonds is 5. The molecule has 1 aromatic rings. The van der Waals surface area contributed by atoms with E-state index in [1.165, 1.54) is 23.3 Å². The monoisotopic (exact) mass is 329 g/mol. The van der Waals surface area contributed by atoms with E-state index < -0.39 is 0 Å². The Labute approximate surface area is 121 Å². The number of fused-ring (bicyclic) bond motifs is 1. The van der Waals surface area contributed by atoms with Gasteiger partial charge < -0.3 is 5.32 Å². The minimum Gasteiger partial charge on any atom is -0.349 e. The van der Waals surface area contributed by atoms with Crippen LogP contribution in [0.4, 0.5) is 0 Å². The van der Waals surface area contributed by atoms with Gasteiger partial charge in [-0.25, -0.2) is 0 Å². The van der Waals surface area contributed by atoms with Crippen LogP contribution in [-0.2, 0) is 12.8 Å². The quantitative estimate of drug-likeness (QED) is 0.815. The van der Waals surface area contributed by atoms with Crippen molar-refractivity contribution in [3.8, 4) is 0 Å². The van der Waals surface area contributed by atoms with Gasteiger partial charge in [-0.3, -0.25) is 4.79 Å². The summed E-state index contributed by atoms with van der Waals surface area (Å²) in [7, 11) is 0. The number of amides is 1. The highest BCUT2D eigenvalue weighted by atomic mass is 79.9. The van der Waals surface area contributed by atoms with Crippen molar-refractivity contribution in [1.82, 2.24) is 5.32 Å². The molecule has 0 saturated carbocycles. The Hall–Kier alpha value is -0.350. The molecule has 0 fully saturated rings. The van der Waals surface area contributed by atoms with E-state index in [9.17, 15) is 4.79 Å². The van der Waals surface area contributed by atoms with Crippen molar-refractivity contribution >= 4 is 33.2 Å². The van der Waals surface area contributed by atoms with Gasteiger partial charge in [-0.05, 0) is 50.2 Å². The fraction of sp³-hybridized carbons (Fsp3) is 0.643. The summed E-state index contributed by atoms with van der Waals surface area (Å²) >= 11 is 5.12. The highest BCUT2D eigenvalue weighted by Crippen LogP contribution is 2.29. The summed E-state index contributed by atoms with van der Waals surface area (Å²) in [5, 5.41) is 4.07. The van der Waals surface area contributed by atoms with Crippen LogP contribution >= 0.6 is 27.3 Å². The summed E-state index contributed by atoms with van der Waals surface area (Å²) in [5.41, 5.74) is 1.41. The highest BCUT2D eigenvalue weighted by Gasteiger charge is 2.18. The molecule has 2 rings (SSSR count). The number of carbonyl (C=O) groups is 1. The molecule has 1 heterocycles. The van der Waals surface area contributed by atoms with Crippen molar-refractivity contribution in [2.75, 3.05) is 5.33 Å². The second kappa shape index (κ2) is 6.71. The largest absolute Gasteiger partial charge is 0.349 e. The number of alkyl halides is 1. The minimum absolute atomic E-state index is 0.113. The SMILES string of the molecule is CCC(CCBr)NC(=O)c1cc2c(s1)CCCC2. The Bertz CT molecular complexity index is 392. The topological polar surface area (TPSA) is 29.1 Å². The smallest absolute Gasteiger partial charge is 0.261 e. The standard InChI is InChI=1S/C14H20BrNOS/c1-2-11(7-8-15)16-14(17)13-9-10-5-3-4-6-12(10)18-13/h9,11H,2-8H2,1H3,(H,16,17). The van der Waals surface area contributed by atoms with Crippen LogP contribution < -0.4 is 5.32 Å². The molecule has 0 aliphatic heterocycles. The van der Waals surface area contributed by atoms with Crippen LogP contribution in [-0.4, -0.2) is 17.3 Å². The Morgan fingerprint density at radius 1 is 1.50 bits per heavy atom. The maximum Gasteiger partial charge on any atom is 0.261 e. The number of carbonyl (C=O) groups excluding carboxylic acids is 1. The zero-order valence-corrected chi connectivity index (χ0v) is 13.2.